The average molecular weight is 229 g/mol. The molecule has 0 aromatic carbocycles. The van der Waals surface area contributed by atoms with Gasteiger partial charge in [0.25, 0.3) is 0 Å². The Labute approximate surface area is 99.8 Å². The predicted octanol–water partition coefficient (Wildman–Crippen LogP) is 4.18. The smallest absolute Gasteiger partial charge is 0.0535 e. The topological polar surface area (TPSA) is 12.0 Å². The molecular formula is C13H27NS. The predicted molar refractivity (Wildman–Crippen MR) is 71.5 cm³/mol. The van der Waals surface area contributed by atoms with Crippen LogP contribution in [0.5, 0.6) is 0 Å². The molecule has 0 bridgehead atoms. The van der Waals surface area contributed by atoms with Crippen molar-refractivity contribution in [3.8, 4) is 0 Å². The summed E-state index contributed by atoms with van der Waals surface area (Å²) >= 11 is 2.11. The van der Waals surface area contributed by atoms with E-state index in [1.54, 1.807) is 0 Å². The van der Waals surface area contributed by atoms with Gasteiger partial charge in [0.15, 0.2) is 0 Å². The fourth-order valence-electron chi connectivity index (χ4n) is 2.13. The van der Waals surface area contributed by atoms with Crippen LogP contribution in [0.2, 0.25) is 0 Å². The van der Waals surface area contributed by atoms with Crippen molar-refractivity contribution in [3.05, 3.63) is 0 Å². The summed E-state index contributed by atoms with van der Waals surface area (Å²) in [5.74, 6) is 1.31. The van der Waals surface area contributed by atoms with E-state index in [0.717, 1.165) is 11.4 Å². The molecule has 2 heteroatoms. The summed E-state index contributed by atoms with van der Waals surface area (Å²) < 4.78 is 0. The first-order valence-corrected chi connectivity index (χ1v) is 7.75. The largest absolute Gasteiger partial charge is 0.302 e. The summed E-state index contributed by atoms with van der Waals surface area (Å²) in [5, 5.41) is 4.39. The summed E-state index contributed by atoms with van der Waals surface area (Å²) in [7, 11) is 0. The molecule has 2 unspecified atom stereocenters. The quantitative estimate of drug-likeness (QED) is 0.627. The van der Waals surface area contributed by atoms with E-state index in [1.807, 2.05) is 0 Å². The number of hydrogen-bond donors (Lipinski definition) is 1. The molecule has 0 radical (unpaired) electrons. The Morgan fingerprint density at radius 3 is 2.33 bits per heavy atom. The second-order valence-corrected chi connectivity index (χ2v) is 6.04. The van der Waals surface area contributed by atoms with E-state index >= 15 is 0 Å². The standard InChI is InChI=1S/C13H27NS/c1-3-4-5-6-7-8-9-10-13-14-12(2)11-15-13/h12-14H,3-11H2,1-2H3. The SMILES string of the molecule is CCCCCCCCCC1NC(C)CS1. The third-order valence-electron chi connectivity index (χ3n) is 3.09. The zero-order valence-electron chi connectivity index (χ0n) is 10.4. The molecule has 15 heavy (non-hydrogen) atoms. The molecular weight excluding hydrogens is 202 g/mol. The number of thioether (sulfide) groups is 1. The molecule has 1 nitrogen and oxygen atoms in total. The lowest BCUT2D eigenvalue weighted by molar-refractivity contribution is 0.526. The molecule has 0 saturated carbocycles. The van der Waals surface area contributed by atoms with Crippen LogP contribution in [0.4, 0.5) is 0 Å². The molecule has 1 N–H and O–H groups in total. The van der Waals surface area contributed by atoms with Gasteiger partial charge in [0.05, 0.1) is 5.37 Å². The number of unbranched alkanes of at least 4 members (excludes halogenated alkanes) is 6. The van der Waals surface area contributed by atoms with Gasteiger partial charge in [-0.2, -0.15) is 0 Å². The van der Waals surface area contributed by atoms with Crippen molar-refractivity contribution in [1.82, 2.24) is 5.32 Å². The van der Waals surface area contributed by atoms with Gasteiger partial charge in [-0.25, -0.2) is 0 Å². The van der Waals surface area contributed by atoms with Crippen LogP contribution < -0.4 is 5.32 Å². The average Bonchev–Trinajstić information content (AvgIpc) is 2.63. The van der Waals surface area contributed by atoms with Crippen molar-refractivity contribution in [2.75, 3.05) is 5.75 Å². The van der Waals surface area contributed by atoms with E-state index < -0.39 is 0 Å². The first-order valence-electron chi connectivity index (χ1n) is 6.70. The number of nitrogens with one attached hydrogen (secondary N) is 1. The fraction of sp³-hybridized carbons (Fsp3) is 1.00. The molecule has 1 saturated heterocycles. The monoisotopic (exact) mass is 229 g/mol. The minimum Gasteiger partial charge on any atom is -0.302 e. The van der Waals surface area contributed by atoms with Gasteiger partial charge in [0.1, 0.15) is 0 Å². The van der Waals surface area contributed by atoms with Gasteiger partial charge < -0.3 is 5.32 Å². The van der Waals surface area contributed by atoms with Gasteiger partial charge in [0.2, 0.25) is 0 Å². The highest BCUT2D eigenvalue weighted by molar-refractivity contribution is 8.00. The Hall–Kier alpha value is 0.310. The summed E-state index contributed by atoms with van der Waals surface area (Å²) in [5.41, 5.74) is 0. The van der Waals surface area contributed by atoms with Crippen LogP contribution in [-0.4, -0.2) is 17.2 Å². The van der Waals surface area contributed by atoms with E-state index in [4.69, 9.17) is 0 Å². The summed E-state index contributed by atoms with van der Waals surface area (Å²) in [6, 6.07) is 0.740. The van der Waals surface area contributed by atoms with Crippen molar-refractivity contribution in [1.29, 1.82) is 0 Å². The fourth-order valence-corrected chi connectivity index (χ4v) is 3.41. The third kappa shape index (κ3) is 6.47. The summed E-state index contributed by atoms with van der Waals surface area (Å²) in [6.07, 6.45) is 11.4. The maximum atomic E-state index is 3.63. The van der Waals surface area contributed by atoms with E-state index in [0.29, 0.717) is 0 Å². The highest BCUT2D eigenvalue weighted by atomic mass is 32.2. The van der Waals surface area contributed by atoms with Gasteiger partial charge in [-0.15, -0.1) is 11.8 Å². The van der Waals surface area contributed by atoms with Gasteiger partial charge in [-0.3, -0.25) is 0 Å². The first kappa shape index (κ1) is 13.4. The maximum absolute atomic E-state index is 3.63. The van der Waals surface area contributed by atoms with Gasteiger partial charge >= 0.3 is 0 Å². The van der Waals surface area contributed by atoms with Gasteiger partial charge in [-0.05, 0) is 13.3 Å². The highest BCUT2D eigenvalue weighted by Gasteiger charge is 2.19. The Balaban J connectivity index is 1.81. The van der Waals surface area contributed by atoms with E-state index in [9.17, 15) is 0 Å². The normalized spacial score (nSPS) is 26.0. The summed E-state index contributed by atoms with van der Waals surface area (Å²) in [6.45, 7) is 4.57. The zero-order chi connectivity index (χ0) is 10.9. The zero-order valence-corrected chi connectivity index (χ0v) is 11.2. The van der Waals surface area contributed by atoms with Crippen molar-refractivity contribution < 1.29 is 0 Å². The lowest BCUT2D eigenvalue weighted by Crippen LogP contribution is -2.26. The first-order chi connectivity index (χ1) is 7.33. The second-order valence-electron chi connectivity index (χ2n) is 4.80. The lowest BCUT2D eigenvalue weighted by atomic mass is 10.1. The number of hydrogen-bond acceptors (Lipinski definition) is 2. The molecule has 1 fully saturated rings. The van der Waals surface area contributed by atoms with E-state index in [2.05, 4.69) is 30.9 Å². The highest BCUT2D eigenvalue weighted by Crippen LogP contribution is 2.23. The van der Waals surface area contributed by atoms with E-state index in [-0.39, 0.29) is 0 Å². The maximum Gasteiger partial charge on any atom is 0.0535 e. The van der Waals surface area contributed by atoms with Gasteiger partial charge in [0, 0.05) is 11.8 Å². The molecule has 1 aliphatic rings. The summed E-state index contributed by atoms with van der Waals surface area (Å²) in [4.78, 5) is 0. The minimum atomic E-state index is 0.740. The van der Waals surface area contributed by atoms with Crippen LogP contribution in [0.25, 0.3) is 0 Å². The molecule has 1 rings (SSSR count). The Kier molecular flexibility index (Phi) is 7.54. The van der Waals surface area contributed by atoms with Crippen molar-refractivity contribution >= 4 is 11.8 Å². The molecule has 0 aromatic rings. The van der Waals surface area contributed by atoms with Crippen molar-refractivity contribution in [3.63, 3.8) is 0 Å². The van der Waals surface area contributed by atoms with Crippen molar-refractivity contribution in [2.24, 2.45) is 0 Å². The molecule has 2 atom stereocenters. The van der Waals surface area contributed by atoms with Crippen molar-refractivity contribution in [2.45, 2.75) is 76.6 Å². The number of rotatable bonds is 8. The Morgan fingerprint density at radius 2 is 1.73 bits per heavy atom. The molecule has 1 aliphatic heterocycles. The Morgan fingerprint density at radius 1 is 1.07 bits per heavy atom. The van der Waals surface area contributed by atoms with Crippen LogP contribution in [0, 0.1) is 0 Å². The molecule has 90 valence electrons. The molecule has 0 spiro atoms. The Bertz CT molecular complexity index is 149. The lowest BCUT2D eigenvalue weighted by Gasteiger charge is -2.10. The van der Waals surface area contributed by atoms with Crippen LogP contribution in [-0.2, 0) is 0 Å². The molecule has 0 aliphatic carbocycles. The van der Waals surface area contributed by atoms with Crippen LogP contribution in [0.3, 0.4) is 0 Å². The van der Waals surface area contributed by atoms with Crippen LogP contribution in [0.1, 0.15) is 65.2 Å². The van der Waals surface area contributed by atoms with Crippen LogP contribution in [0.15, 0.2) is 0 Å². The van der Waals surface area contributed by atoms with E-state index in [1.165, 1.54) is 57.1 Å². The molecule has 0 amide bonds. The third-order valence-corrected chi connectivity index (χ3v) is 4.55. The van der Waals surface area contributed by atoms with Crippen LogP contribution >= 0.6 is 11.8 Å². The molecule has 1 heterocycles. The van der Waals surface area contributed by atoms with Gasteiger partial charge in [-0.1, -0.05) is 51.9 Å². The minimum absolute atomic E-state index is 0.740. The molecule has 0 aromatic heterocycles. The second kappa shape index (κ2) is 8.46.